The second-order valence-electron chi connectivity index (χ2n) is 12.4. The summed E-state index contributed by atoms with van der Waals surface area (Å²) in [6.45, 7) is 11.5. The molecule has 1 spiro atoms. The van der Waals surface area contributed by atoms with Crippen LogP contribution in [-0.4, -0.2) is 47.7 Å². The smallest absolute Gasteiger partial charge is 0.309 e. The Morgan fingerprint density at radius 3 is 2.65 bits per heavy atom. The van der Waals surface area contributed by atoms with Crippen molar-refractivity contribution in [2.75, 3.05) is 6.54 Å². The molecule has 0 amide bonds. The molecular weight excluding hydrogens is 462 g/mol. The van der Waals surface area contributed by atoms with Gasteiger partial charge in [-0.3, -0.25) is 9.79 Å². The van der Waals surface area contributed by atoms with Gasteiger partial charge in [0.15, 0.2) is 0 Å². The lowest BCUT2D eigenvalue weighted by Gasteiger charge is -2.46. The number of aliphatic imine (C=N–C) groups is 1. The summed E-state index contributed by atoms with van der Waals surface area (Å²) in [6.07, 6.45) is 16.2. The van der Waals surface area contributed by atoms with Gasteiger partial charge >= 0.3 is 5.97 Å². The number of aliphatic hydroxyl groups is 1. The van der Waals surface area contributed by atoms with Crippen molar-refractivity contribution >= 4 is 11.7 Å². The summed E-state index contributed by atoms with van der Waals surface area (Å²) < 4.78 is 12.3. The summed E-state index contributed by atoms with van der Waals surface area (Å²) in [5.74, 6) is 0.474. The van der Waals surface area contributed by atoms with E-state index in [1.165, 1.54) is 22.4 Å². The highest BCUT2D eigenvalue weighted by atomic mass is 16.6. The molecule has 202 valence electrons. The molecule has 0 saturated carbocycles. The molecule has 0 unspecified atom stereocenters. The van der Waals surface area contributed by atoms with Gasteiger partial charge in [0.25, 0.3) is 0 Å². The van der Waals surface area contributed by atoms with E-state index >= 15 is 0 Å². The quantitative estimate of drug-likeness (QED) is 0.335. The predicted octanol–water partition coefficient (Wildman–Crippen LogP) is 6.28. The van der Waals surface area contributed by atoms with E-state index in [1.807, 2.05) is 6.92 Å². The zero-order valence-corrected chi connectivity index (χ0v) is 23.3. The topological polar surface area (TPSA) is 68.1 Å². The second-order valence-corrected chi connectivity index (χ2v) is 12.4. The molecule has 4 heterocycles. The van der Waals surface area contributed by atoms with E-state index in [4.69, 9.17) is 14.5 Å². The van der Waals surface area contributed by atoms with Crippen molar-refractivity contribution in [3.63, 3.8) is 0 Å². The fraction of sp³-hybridized carbons (Fsp3) is 0.688. The molecule has 5 heteroatoms. The number of hydrogen-bond donors (Lipinski definition) is 1. The average molecular weight is 508 g/mol. The average Bonchev–Trinajstić information content (AvgIpc) is 3.41. The molecule has 2 fully saturated rings. The maximum atomic E-state index is 12.2. The van der Waals surface area contributed by atoms with Gasteiger partial charge in [-0.15, -0.1) is 0 Å². The Bertz CT molecular complexity index is 1060. The molecule has 5 nitrogen and oxygen atoms in total. The maximum absolute atomic E-state index is 12.2. The summed E-state index contributed by atoms with van der Waals surface area (Å²) >= 11 is 0. The van der Waals surface area contributed by atoms with Crippen LogP contribution in [0.25, 0.3) is 0 Å². The summed E-state index contributed by atoms with van der Waals surface area (Å²) in [6, 6.07) is 0. The Balaban J connectivity index is 1.54. The highest BCUT2D eigenvalue weighted by Crippen LogP contribution is 2.51. The fourth-order valence-corrected chi connectivity index (χ4v) is 7.57. The highest BCUT2D eigenvalue weighted by Gasteiger charge is 2.47. The van der Waals surface area contributed by atoms with Crippen molar-refractivity contribution in [3.05, 3.63) is 46.6 Å². The number of aliphatic hydroxyl groups excluding tert-OH is 1. The molecule has 4 aliphatic heterocycles. The van der Waals surface area contributed by atoms with Crippen LogP contribution in [0.3, 0.4) is 0 Å². The number of rotatable bonds is 1. The Morgan fingerprint density at radius 2 is 1.89 bits per heavy atom. The van der Waals surface area contributed by atoms with Crippen LogP contribution in [0.5, 0.6) is 0 Å². The first-order valence-corrected chi connectivity index (χ1v) is 14.5. The Kier molecular flexibility index (Phi) is 7.66. The van der Waals surface area contributed by atoms with E-state index in [-0.39, 0.29) is 41.5 Å². The third-order valence-corrected chi connectivity index (χ3v) is 9.80. The molecule has 0 radical (unpaired) electrons. The van der Waals surface area contributed by atoms with Crippen molar-refractivity contribution in [1.82, 2.24) is 0 Å². The first-order chi connectivity index (χ1) is 17.7. The van der Waals surface area contributed by atoms with Gasteiger partial charge < -0.3 is 14.6 Å². The molecule has 5 aliphatic rings. The minimum Gasteiger partial charge on any atom is -0.458 e. The molecule has 2 bridgehead atoms. The van der Waals surface area contributed by atoms with Crippen molar-refractivity contribution in [3.8, 4) is 0 Å². The molecule has 8 atom stereocenters. The van der Waals surface area contributed by atoms with Gasteiger partial charge in [-0.2, -0.15) is 0 Å². The van der Waals surface area contributed by atoms with Gasteiger partial charge in [-0.1, -0.05) is 43.7 Å². The van der Waals surface area contributed by atoms with Gasteiger partial charge in [-0.25, -0.2) is 0 Å². The third-order valence-electron chi connectivity index (χ3n) is 9.80. The van der Waals surface area contributed by atoms with Crippen LogP contribution < -0.4 is 0 Å². The van der Waals surface area contributed by atoms with E-state index in [1.54, 1.807) is 0 Å². The summed E-state index contributed by atoms with van der Waals surface area (Å²) in [5.41, 5.74) is 6.00. The van der Waals surface area contributed by atoms with Crippen LogP contribution in [0.15, 0.2) is 51.6 Å². The molecule has 0 aromatic heterocycles. The van der Waals surface area contributed by atoms with Crippen molar-refractivity contribution in [2.24, 2.45) is 28.2 Å². The van der Waals surface area contributed by atoms with E-state index in [0.29, 0.717) is 12.3 Å². The monoisotopic (exact) mass is 507 g/mol. The molecular formula is C32H45NO4. The van der Waals surface area contributed by atoms with Crippen molar-refractivity contribution < 1.29 is 19.4 Å². The minimum absolute atomic E-state index is 0.0461. The standard InChI is InChI=1S/C32H45NO4/c1-19-8-6-9-29-32(13-7-15-33-29)14-12-25(28-18-22(4)31(35)37-28)23(5)26(32)17-20(2)27(34)11-10-24-16-21(3)30(19)36-24/h7-8,13,17,21-22,24,26-28,30,34H,6,9-12,14-16,18H2,1-5H3/b19-8+,20-17+/t21-,22+,24+,26+,27+,28+,30+,32+/m1/s1. The van der Waals surface area contributed by atoms with Gasteiger partial charge in [0.2, 0.25) is 0 Å². The molecule has 1 aliphatic carbocycles. The molecule has 1 N–H and O–H groups in total. The first kappa shape index (κ1) is 26.6. The van der Waals surface area contributed by atoms with Crippen LogP contribution in [-0.2, 0) is 14.3 Å². The van der Waals surface area contributed by atoms with Gasteiger partial charge in [0.1, 0.15) is 6.10 Å². The zero-order chi connectivity index (χ0) is 26.3. The molecule has 0 aromatic carbocycles. The summed E-state index contributed by atoms with van der Waals surface area (Å²) in [7, 11) is 0. The molecule has 2 saturated heterocycles. The van der Waals surface area contributed by atoms with Gasteiger partial charge in [0.05, 0.1) is 30.8 Å². The van der Waals surface area contributed by atoms with Crippen LogP contribution in [0.4, 0.5) is 0 Å². The molecule has 5 rings (SSSR count). The van der Waals surface area contributed by atoms with E-state index in [2.05, 4.69) is 52.0 Å². The zero-order valence-electron chi connectivity index (χ0n) is 23.3. The number of carbonyl (C=O) groups is 1. The van der Waals surface area contributed by atoms with E-state index in [9.17, 15) is 9.90 Å². The number of dihydropyridines is 1. The number of ether oxygens (including phenoxy) is 2. The van der Waals surface area contributed by atoms with Crippen LogP contribution in [0.2, 0.25) is 0 Å². The normalized spacial score (nSPS) is 43.9. The number of hydrogen-bond acceptors (Lipinski definition) is 5. The van der Waals surface area contributed by atoms with E-state index in [0.717, 1.165) is 57.1 Å². The third kappa shape index (κ3) is 5.06. The largest absolute Gasteiger partial charge is 0.458 e. The van der Waals surface area contributed by atoms with Crippen LogP contribution in [0, 0.1) is 23.2 Å². The number of cyclic esters (lactones) is 1. The number of nitrogens with zero attached hydrogens (tertiary/aromatic N) is 1. The minimum atomic E-state index is -0.493. The molecule has 37 heavy (non-hydrogen) atoms. The lowest BCUT2D eigenvalue weighted by molar-refractivity contribution is -0.143. The van der Waals surface area contributed by atoms with Crippen molar-refractivity contribution in [2.45, 2.75) is 110 Å². The number of fused-ring (bicyclic) bond motifs is 2. The Morgan fingerprint density at radius 1 is 1.08 bits per heavy atom. The predicted molar refractivity (Wildman–Crippen MR) is 147 cm³/mol. The SMILES string of the molecule is CC1=C([C@@H]2C[C@H](C)C(=O)O2)CC[C@]23C=CCN=C2CC/C=C(\C)[C@@H]2O[C@@H](CC[C@H](O)/C(C)=C/[C@@H]13)C[C@H]2C. The number of allylic oxidation sites excluding steroid dienone is 4. The second kappa shape index (κ2) is 10.6. The van der Waals surface area contributed by atoms with Crippen LogP contribution in [0.1, 0.15) is 86.0 Å². The maximum Gasteiger partial charge on any atom is 0.309 e. The Hall–Kier alpha value is -1.98. The summed E-state index contributed by atoms with van der Waals surface area (Å²) in [5, 5.41) is 11.2. The molecule has 0 aromatic rings. The Labute approximate surface area is 222 Å². The van der Waals surface area contributed by atoms with Gasteiger partial charge in [0, 0.05) is 23.5 Å². The number of carbonyl (C=O) groups excluding carboxylic acids is 1. The van der Waals surface area contributed by atoms with E-state index < -0.39 is 6.10 Å². The highest BCUT2D eigenvalue weighted by molar-refractivity contribution is 5.94. The van der Waals surface area contributed by atoms with Gasteiger partial charge in [-0.05, 0) is 88.4 Å². The summed E-state index contributed by atoms with van der Waals surface area (Å²) in [4.78, 5) is 17.3. The number of esters is 1. The first-order valence-electron chi connectivity index (χ1n) is 14.5. The lowest BCUT2D eigenvalue weighted by atomic mass is 9.59. The fourth-order valence-electron chi connectivity index (χ4n) is 7.57. The van der Waals surface area contributed by atoms with Crippen LogP contribution >= 0.6 is 0 Å². The van der Waals surface area contributed by atoms with Crippen molar-refractivity contribution in [1.29, 1.82) is 0 Å². The lowest BCUT2D eigenvalue weighted by Crippen LogP contribution is -2.42.